The van der Waals surface area contributed by atoms with E-state index in [1.807, 2.05) is 42.5 Å². The lowest BCUT2D eigenvalue weighted by atomic mass is 9.99. The lowest BCUT2D eigenvalue weighted by Gasteiger charge is -2.10. The number of nitrogens with zero attached hydrogens (tertiary/aromatic N) is 3. The fraction of sp³-hybridized carbons (Fsp3) is 0. The molecule has 0 amide bonds. The number of furan rings is 1. The van der Waals surface area contributed by atoms with Crippen molar-refractivity contribution in [2.24, 2.45) is 0 Å². The molecule has 4 nitrogen and oxygen atoms in total. The molecule has 10 aromatic rings. The van der Waals surface area contributed by atoms with Crippen LogP contribution in [0, 0.1) is 0 Å². The third-order valence-electron chi connectivity index (χ3n) is 9.49. The van der Waals surface area contributed by atoms with Crippen LogP contribution in [0.4, 0.5) is 0 Å². The van der Waals surface area contributed by atoms with Gasteiger partial charge in [-0.25, -0.2) is 15.0 Å². The second-order valence-corrected chi connectivity index (χ2v) is 12.4. The Hall–Kier alpha value is -6.65. The first-order valence-corrected chi connectivity index (χ1v) is 16.4. The molecule has 0 aliphatic carbocycles. The van der Waals surface area contributed by atoms with E-state index in [1.165, 1.54) is 32.3 Å². The van der Waals surface area contributed by atoms with Crippen LogP contribution in [0.25, 0.3) is 99.5 Å². The van der Waals surface area contributed by atoms with Gasteiger partial charge in [-0.3, -0.25) is 0 Å². The lowest BCUT2D eigenvalue weighted by molar-refractivity contribution is 0.669. The molecule has 228 valence electrons. The maximum absolute atomic E-state index is 6.51. The summed E-state index contributed by atoms with van der Waals surface area (Å²) in [4.78, 5) is 15.3. The van der Waals surface area contributed by atoms with Crippen LogP contribution in [0.5, 0.6) is 0 Å². The van der Waals surface area contributed by atoms with Crippen LogP contribution in [0.15, 0.2) is 168 Å². The van der Waals surface area contributed by atoms with E-state index >= 15 is 0 Å². The number of benzene rings is 8. The Bertz CT molecular complexity index is 2890. The Labute approximate surface area is 282 Å². The molecule has 0 fully saturated rings. The van der Waals surface area contributed by atoms with E-state index in [1.54, 1.807) is 0 Å². The van der Waals surface area contributed by atoms with Gasteiger partial charge in [0.1, 0.15) is 11.2 Å². The van der Waals surface area contributed by atoms with Crippen LogP contribution in [0.2, 0.25) is 0 Å². The molecular formula is C45H27N3O. The zero-order valence-electron chi connectivity index (χ0n) is 26.3. The van der Waals surface area contributed by atoms with Crippen molar-refractivity contribution in [1.82, 2.24) is 15.0 Å². The van der Waals surface area contributed by atoms with Crippen LogP contribution in [0.1, 0.15) is 0 Å². The molecule has 49 heavy (non-hydrogen) atoms. The topological polar surface area (TPSA) is 51.8 Å². The van der Waals surface area contributed by atoms with Gasteiger partial charge in [-0.1, -0.05) is 133 Å². The van der Waals surface area contributed by atoms with Gasteiger partial charge in [0.2, 0.25) is 0 Å². The van der Waals surface area contributed by atoms with Gasteiger partial charge in [-0.2, -0.15) is 0 Å². The standard InChI is InChI=1S/C45H27N3O/c1-2-11-31(12-3-1)43-46-44(35-22-20-30-19-18-29-10-6-7-14-36(29)39(30)26-35)48-45(47-43)38-15-8-16-40-42(38)37-24-23-34(27-41(37)49-40)33-21-17-28-9-4-5-13-32(28)25-33/h1-27H. The second-order valence-electron chi connectivity index (χ2n) is 12.4. The highest BCUT2D eigenvalue weighted by molar-refractivity contribution is 6.13. The van der Waals surface area contributed by atoms with Crippen molar-refractivity contribution in [2.45, 2.75) is 0 Å². The van der Waals surface area contributed by atoms with Gasteiger partial charge in [-0.15, -0.1) is 0 Å². The van der Waals surface area contributed by atoms with Gasteiger partial charge in [-0.05, 0) is 73.8 Å². The van der Waals surface area contributed by atoms with E-state index in [2.05, 4.69) is 121 Å². The third kappa shape index (κ3) is 4.65. The fourth-order valence-corrected chi connectivity index (χ4v) is 7.04. The average molecular weight is 626 g/mol. The Kier molecular flexibility index (Phi) is 6.15. The first kappa shape index (κ1) is 27.5. The van der Waals surface area contributed by atoms with Gasteiger partial charge >= 0.3 is 0 Å². The Morgan fingerprint density at radius 2 is 0.959 bits per heavy atom. The summed E-state index contributed by atoms with van der Waals surface area (Å²) in [5.74, 6) is 1.86. The molecule has 10 rings (SSSR count). The molecular weight excluding hydrogens is 599 g/mol. The van der Waals surface area contributed by atoms with E-state index in [9.17, 15) is 0 Å². The highest BCUT2D eigenvalue weighted by atomic mass is 16.3. The molecule has 8 aromatic carbocycles. The first-order chi connectivity index (χ1) is 24.2. The van der Waals surface area contributed by atoms with Crippen molar-refractivity contribution in [2.75, 3.05) is 0 Å². The largest absolute Gasteiger partial charge is 0.456 e. The van der Waals surface area contributed by atoms with Gasteiger partial charge in [0.05, 0.1) is 0 Å². The summed E-state index contributed by atoms with van der Waals surface area (Å²) >= 11 is 0. The predicted molar refractivity (Wildman–Crippen MR) is 201 cm³/mol. The van der Waals surface area contributed by atoms with Crippen molar-refractivity contribution in [1.29, 1.82) is 0 Å². The second kappa shape index (κ2) is 11.0. The minimum Gasteiger partial charge on any atom is -0.456 e. The number of hydrogen-bond acceptors (Lipinski definition) is 4. The van der Waals surface area contributed by atoms with E-state index in [0.717, 1.165) is 49.8 Å². The predicted octanol–water partition coefficient (Wildman–Crippen LogP) is 11.9. The SMILES string of the molecule is c1ccc(-c2nc(-c3ccc4ccc5ccccc5c4c3)nc(-c3cccc4oc5cc(-c6ccc7ccccc7c6)ccc5c34)n2)cc1. The normalized spacial score (nSPS) is 11.7. The molecule has 0 saturated heterocycles. The molecule has 0 radical (unpaired) electrons. The van der Waals surface area contributed by atoms with Crippen molar-refractivity contribution in [3.05, 3.63) is 164 Å². The number of fused-ring (bicyclic) bond motifs is 7. The zero-order valence-corrected chi connectivity index (χ0v) is 26.3. The average Bonchev–Trinajstić information content (AvgIpc) is 3.56. The van der Waals surface area contributed by atoms with Crippen molar-refractivity contribution in [3.8, 4) is 45.3 Å². The maximum Gasteiger partial charge on any atom is 0.164 e. The van der Waals surface area contributed by atoms with Crippen LogP contribution in [-0.4, -0.2) is 15.0 Å². The third-order valence-corrected chi connectivity index (χ3v) is 9.49. The van der Waals surface area contributed by atoms with Gasteiger partial charge in [0.25, 0.3) is 0 Å². The number of aromatic nitrogens is 3. The molecule has 0 saturated carbocycles. The summed E-state index contributed by atoms with van der Waals surface area (Å²) in [6.45, 7) is 0. The molecule has 2 aromatic heterocycles. The summed E-state index contributed by atoms with van der Waals surface area (Å²) in [5.41, 5.74) is 6.66. The zero-order chi connectivity index (χ0) is 32.3. The summed E-state index contributed by atoms with van der Waals surface area (Å²) in [7, 11) is 0. The quantitative estimate of drug-likeness (QED) is 0.183. The maximum atomic E-state index is 6.51. The molecule has 0 spiro atoms. The van der Waals surface area contributed by atoms with Crippen LogP contribution >= 0.6 is 0 Å². The molecule has 0 N–H and O–H groups in total. The van der Waals surface area contributed by atoms with Crippen molar-refractivity contribution >= 4 is 54.3 Å². The monoisotopic (exact) mass is 625 g/mol. The smallest absolute Gasteiger partial charge is 0.164 e. The number of rotatable bonds is 4. The summed E-state index contributed by atoms with van der Waals surface area (Å²) in [5, 5.41) is 9.21. The molecule has 2 heterocycles. The van der Waals surface area contributed by atoms with Crippen molar-refractivity contribution in [3.63, 3.8) is 0 Å². The van der Waals surface area contributed by atoms with Crippen molar-refractivity contribution < 1.29 is 4.42 Å². The summed E-state index contributed by atoms with van der Waals surface area (Å²) < 4.78 is 6.51. The van der Waals surface area contributed by atoms with E-state index in [0.29, 0.717) is 17.5 Å². The first-order valence-electron chi connectivity index (χ1n) is 16.4. The molecule has 4 heteroatoms. The fourth-order valence-electron chi connectivity index (χ4n) is 7.04. The van der Waals surface area contributed by atoms with Gasteiger partial charge < -0.3 is 4.42 Å². The molecule has 0 bridgehead atoms. The highest BCUT2D eigenvalue weighted by Crippen LogP contribution is 2.39. The lowest BCUT2D eigenvalue weighted by Crippen LogP contribution is -2.00. The molecule has 0 aliphatic heterocycles. The Balaban J connectivity index is 1.16. The van der Waals surface area contributed by atoms with Crippen LogP contribution < -0.4 is 0 Å². The minimum absolute atomic E-state index is 0.605. The molecule has 0 aliphatic rings. The van der Waals surface area contributed by atoms with Gasteiger partial charge in [0.15, 0.2) is 17.5 Å². The minimum atomic E-state index is 0.605. The van der Waals surface area contributed by atoms with E-state index in [-0.39, 0.29) is 0 Å². The Morgan fingerprint density at radius 1 is 0.327 bits per heavy atom. The summed E-state index contributed by atoms with van der Waals surface area (Å²) in [6, 6.07) is 57.0. The van der Waals surface area contributed by atoms with E-state index in [4.69, 9.17) is 19.4 Å². The highest BCUT2D eigenvalue weighted by Gasteiger charge is 2.18. The van der Waals surface area contributed by atoms with Crippen LogP contribution in [-0.2, 0) is 0 Å². The van der Waals surface area contributed by atoms with Gasteiger partial charge in [0, 0.05) is 27.5 Å². The molecule has 0 atom stereocenters. The van der Waals surface area contributed by atoms with E-state index < -0.39 is 0 Å². The number of hydrogen-bond donors (Lipinski definition) is 0. The molecule has 0 unspecified atom stereocenters. The Morgan fingerprint density at radius 3 is 1.84 bits per heavy atom. The summed E-state index contributed by atoms with van der Waals surface area (Å²) in [6.07, 6.45) is 0. The van der Waals surface area contributed by atoms with Crippen LogP contribution in [0.3, 0.4) is 0 Å².